The van der Waals surface area contributed by atoms with E-state index >= 15 is 0 Å². The summed E-state index contributed by atoms with van der Waals surface area (Å²) in [5.41, 5.74) is 5.18. The molecule has 3 aromatic carbocycles. The van der Waals surface area contributed by atoms with Gasteiger partial charge in [-0.15, -0.1) is 0 Å². The maximum atomic E-state index is 14.4. The highest BCUT2D eigenvalue weighted by molar-refractivity contribution is 7.80. The highest BCUT2D eigenvalue weighted by Crippen LogP contribution is 2.39. The van der Waals surface area contributed by atoms with Crippen molar-refractivity contribution in [2.45, 2.75) is 26.8 Å². The fourth-order valence-electron chi connectivity index (χ4n) is 4.11. The Morgan fingerprint density at radius 3 is 2.34 bits per heavy atom. The molecule has 4 aromatic rings. The number of aromatic nitrogens is 2. The first-order chi connectivity index (χ1) is 16.8. The van der Waals surface area contributed by atoms with E-state index in [1.807, 2.05) is 38.1 Å². The number of hydrogen-bond donors (Lipinski definition) is 1. The van der Waals surface area contributed by atoms with Crippen LogP contribution in [0, 0.1) is 25.5 Å². The van der Waals surface area contributed by atoms with Crippen molar-refractivity contribution in [3.8, 4) is 11.4 Å². The van der Waals surface area contributed by atoms with Crippen LogP contribution in [-0.4, -0.2) is 15.3 Å². The van der Waals surface area contributed by atoms with E-state index in [9.17, 15) is 8.78 Å². The Kier molecular flexibility index (Phi) is 5.90. The van der Waals surface area contributed by atoms with Crippen LogP contribution in [0.5, 0.6) is 0 Å². The predicted molar refractivity (Wildman–Crippen MR) is 136 cm³/mol. The molecule has 0 radical (unpaired) electrons. The van der Waals surface area contributed by atoms with Gasteiger partial charge in [0.15, 0.2) is 5.11 Å². The fourth-order valence-corrected chi connectivity index (χ4v) is 4.47. The lowest BCUT2D eigenvalue weighted by molar-refractivity contribution is 0.404. The van der Waals surface area contributed by atoms with Crippen LogP contribution < -0.4 is 10.2 Å². The SMILES string of the molecule is CC1=C(c2nc(-c3ccc(C)cc3)no2)C(c2ccc(F)cc2)NC(=S)N1c1ccc(C)c(F)c1. The third-order valence-electron chi connectivity index (χ3n) is 6.07. The molecule has 8 heteroatoms. The second-order valence-electron chi connectivity index (χ2n) is 8.49. The molecular formula is C27H22F2N4OS. The molecule has 0 saturated heterocycles. The number of halogens is 2. The molecule has 2 heterocycles. The summed E-state index contributed by atoms with van der Waals surface area (Å²) in [5.74, 6) is 0.0598. The Bertz CT molecular complexity index is 1450. The van der Waals surface area contributed by atoms with Crippen molar-refractivity contribution in [2.24, 2.45) is 0 Å². The van der Waals surface area contributed by atoms with Gasteiger partial charge >= 0.3 is 0 Å². The van der Waals surface area contributed by atoms with Gasteiger partial charge in [0.05, 0.1) is 17.3 Å². The van der Waals surface area contributed by atoms with Crippen LogP contribution in [0.2, 0.25) is 0 Å². The molecule has 1 aliphatic rings. The van der Waals surface area contributed by atoms with Crippen molar-refractivity contribution in [3.63, 3.8) is 0 Å². The molecule has 0 bridgehead atoms. The standard InChI is InChI=1S/C27H22F2N4OS/c1-15-4-7-19(8-5-15)25-31-26(34-32-25)23-17(3)33(21-13-6-16(2)22(29)14-21)27(35)30-24(23)18-9-11-20(28)12-10-18/h4-14,24H,1-3H3,(H,30,35). The van der Waals surface area contributed by atoms with E-state index < -0.39 is 6.04 Å². The van der Waals surface area contributed by atoms with E-state index in [0.29, 0.717) is 39.3 Å². The van der Waals surface area contributed by atoms with Crippen LogP contribution in [0.3, 0.4) is 0 Å². The Morgan fingerprint density at radius 1 is 0.943 bits per heavy atom. The first kappa shape index (κ1) is 22.9. The van der Waals surface area contributed by atoms with Gasteiger partial charge in [-0.3, -0.25) is 4.90 Å². The molecular weight excluding hydrogens is 466 g/mol. The molecule has 1 aliphatic heterocycles. The molecule has 0 amide bonds. The first-order valence-electron chi connectivity index (χ1n) is 11.1. The minimum atomic E-state index is -0.471. The lowest BCUT2D eigenvalue weighted by atomic mass is 9.94. The maximum absolute atomic E-state index is 14.4. The fraction of sp³-hybridized carbons (Fsp3) is 0.148. The molecule has 176 valence electrons. The van der Waals surface area contributed by atoms with Gasteiger partial charge in [-0.05, 0) is 68.4 Å². The topological polar surface area (TPSA) is 54.2 Å². The van der Waals surface area contributed by atoms with E-state index in [1.165, 1.54) is 18.2 Å². The van der Waals surface area contributed by atoms with Crippen LogP contribution >= 0.6 is 12.2 Å². The second-order valence-corrected chi connectivity index (χ2v) is 8.88. The van der Waals surface area contributed by atoms with Crippen molar-refractivity contribution in [2.75, 3.05) is 4.90 Å². The number of aryl methyl sites for hydroxylation is 2. The van der Waals surface area contributed by atoms with E-state index in [2.05, 4.69) is 15.5 Å². The van der Waals surface area contributed by atoms with E-state index in [-0.39, 0.29) is 11.6 Å². The summed E-state index contributed by atoms with van der Waals surface area (Å²) in [6, 6.07) is 18.4. The number of nitrogens with zero attached hydrogens (tertiary/aromatic N) is 3. The zero-order valence-electron chi connectivity index (χ0n) is 19.3. The average molecular weight is 489 g/mol. The average Bonchev–Trinajstić information content (AvgIpc) is 3.31. The van der Waals surface area contributed by atoms with Gasteiger partial charge in [-0.25, -0.2) is 8.78 Å². The molecule has 1 atom stereocenters. The summed E-state index contributed by atoms with van der Waals surface area (Å²) >= 11 is 5.68. The van der Waals surface area contributed by atoms with Crippen LogP contribution in [0.15, 0.2) is 77.0 Å². The largest absolute Gasteiger partial charge is 0.351 e. The first-order valence-corrected chi connectivity index (χ1v) is 11.5. The van der Waals surface area contributed by atoms with Gasteiger partial charge in [0.25, 0.3) is 5.89 Å². The normalized spacial score (nSPS) is 16.0. The molecule has 5 nitrogen and oxygen atoms in total. The molecule has 1 aromatic heterocycles. The lowest BCUT2D eigenvalue weighted by Gasteiger charge is -2.37. The summed E-state index contributed by atoms with van der Waals surface area (Å²) in [7, 11) is 0. The van der Waals surface area contributed by atoms with Crippen LogP contribution in [-0.2, 0) is 0 Å². The van der Waals surface area contributed by atoms with Gasteiger partial charge < -0.3 is 9.84 Å². The number of hydrogen-bond acceptors (Lipinski definition) is 4. The van der Waals surface area contributed by atoms with Crippen LogP contribution in [0.25, 0.3) is 17.0 Å². The van der Waals surface area contributed by atoms with E-state index in [1.54, 1.807) is 36.1 Å². The number of nitrogens with one attached hydrogen (secondary N) is 1. The maximum Gasteiger partial charge on any atom is 0.258 e. The van der Waals surface area contributed by atoms with Crippen molar-refractivity contribution in [1.29, 1.82) is 0 Å². The predicted octanol–water partition coefficient (Wildman–Crippen LogP) is 6.50. The van der Waals surface area contributed by atoms with Gasteiger partial charge in [0.2, 0.25) is 5.82 Å². The molecule has 0 saturated carbocycles. The monoisotopic (exact) mass is 488 g/mol. The Balaban J connectivity index is 1.65. The summed E-state index contributed by atoms with van der Waals surface area (Å²) < 4.78 is 33.8. The minimum absolute atomic E-state index is 0.292. The molecule has 0 fully saturated rings. The Morgan fingerprint density at radius 2 is 1.66 bits per heavy atom. The minimum Gasteiger partial charge on any atom is -0.351 e. The van der Waals surface area contributed by atoms with Crippen molar-refractivity contribution < 1.29 is 13.3 Å². The van der Waals surface area contributed by atoms with Crippen LogP contribution in [0.4, 0.5) is 14.5 Å². The zero-order chi connectivity index (χ0) is 24.7. The summed E-state index contributed by atoms with van der Waals surface area (Å²) in [6.45, 7) is 5.58. The van der Waals surface area contributed by atoms with Gasteiger partial charge in [-0.2, -0.15) is 4.98 Å². The van der Waals surface area contributed by atoms with Gasteiger partial charge in [-0.1, -0.05) is 53.2 Å². The highest BCUT2D eigenvalue weighted by Gasteiger charge is 2.35. The summed E-state index contributed by atoms with van der Waals surface area (Å²) in [4.78, 5) is 6.41. The number of benzene rings is 3. The third kappa shape index (κ3) is 4.33. The molecule has 35 heavy (non-hydrogen) atoms. The molecule has 1 N–H and O–H groups in total. The van der Waals surface area contributed by atoms with Crippen molar-refractivity contribution in [3.05, 3.63) is 107 Å². The quantitative estimate of drug-likeness (QED) is 0.331. The number of thiocarbonyl (C=S) groups is 1. The number of rotatable bonds is 4. The van der Waals surface area contributed by atoms with Crippen molar-refractivity contribution >= 4 is 28.6 Å². The smallest absolute Gasteiger partial charge is 0.258 e. The molecule has 0 aliphatic carbocycles. The summed E-state index contributed by atoms with van der Waals surface area (Å²) in [5, 5.41) is 7.87. The molecule has 5 rings (SSSR count). The van der Waals surface area contributed by atoms with E-state index in [4.69, 9.17) is 16.7 Å². The number of anilines is 1. The van der Waals surface area contributed by atoms with Crippen LogP contribution in [0.1, 0.15) is 35.5 Å². The zero-order valence-corrected chi connectivity index (χ0v) is 20.2. The second kappa shape index (κ2) is 9.03. The van der Waals surface area contributed by atoms with Crippen molar-refractivity contribution in [1.82, 2.24) is 15.5 Å². The van der Waals surface area contributed by atoms with E-state index in [0.717, 1.165) is 16.7 Å². The Labute approximate surface area is 207 Å². The lowest BCUT2D eigenvalue weighted by Crippen LogP contribution is -2.46. The van der Waals surface area contributed by atoms with Gasteiger partial charge in [0.1, 0.15) is 11.6 Å². The highest BCUT2D eigenvalue weighted by atomic mass is 32.1. The summed E-state index contributed by atoms with van der Waals surface area (Å²) in [6.07, 6.45) is 0. The van der Waals surface area contributed by atoms with Gasteiger partial charge in [0, 0.05) is 11.3 Å². The third-order valence-corrected chi connectivity index (χ3v) is 6.37. The molecule has 1 unspecified atom stereocenters. The molecule has 0 spiro atoms. The number of allylic oxidation sites excluding steroid dienone is 1. The Hall–Kier alpha value is -3.91.